The van der Waals surface area contributed by atoms with Gasteiger partial charge in [-0.1, -0.05) is 18.2 Å². The van der Waals surface area contributed by atoms with Gasteiger partial charge in [0.05, 0.1) is 6.10 Å². The highest BCUT2D eigenvalue weighted by Gasteiger charge is 2.05. The van der Waals surface area contributed by atoms with Gasteiger partial charge in [0.2, 0.25) is 0 Å². The lowest BCUT2D eigenvalue weighted by molar-refractivity contribution is 0.199. The molecule has 1 aromatic carbocycles. The Hall–Kier alpha value is -1.61. The molecule has 0 aliphatic carbocycles. The summed E-state index contributed by atoms with van der Waals surface area (Å²) in [7, 11) is 0. The van der Waals surface area contributed by atoms with Crippen molar-refractivity contribution in [1.82, 2.24) is 4.57 Å². The number of aliphatic hydroxyl groups excluding tert-OH is 1. The maximum Gasteiger partial charge on any atom is 0.128 e. The van der Waals surface area contributed by atoms with Gasteiger partial charge in [-0.15, -0.1) is 0 Å². The molecular weight excluding hydrogens is 205 g/mol. The Labute approximate surface area is 94.0 Å². The maximum absolute atomic E-state index is 13.4. The van der Waals surface area contributed by atoms with E-state index in [0.29, 0.717) is 12.1 Å². The number of hydrogen-bond donors (Lipinski definition) is 1. The van der Waals surface area contributed by atoms with E-state index in [-0.39, 0.29) is 5.82 Å². The summed E-state index contributed by atoms with van der Waals surface area (Å²) < 4.78 is 15.2. The van der Waals surface area contributed by atoms with Gasteiger partial charge in [0.25, 0.3) is 0 Å². The van der Waals surface area contributed by atoms with Crippen molar-refractivity contribution in [1.29, 1.82) is 0 Å². The minimum Gasteiger partial charge on any atom is -0.389 e. The molecule has 16 heavy (non-hydrogen) atoms. The van der Waals surface area contributed by atoms with Crippen LogP contribution < -0.4 is 0 Å². The van der Waals surface area contributed by atoms with Gasteiger partial charge in [-0.05, 0) is 24.6 Å². The number of aliphatic hydroxyl groups is 1. The maximum atomic E-state index is 13.4. The molecule has 84 valence electrons. The summed E-state index contributed by atoms with van der Waals surface area (Å²) in [5.41, 5.74) is 1.49. The third kappa shape index (κ3) is 2.31. The molecule has 1 atom stereocenters. The molecule has 2 aromatic rings. The van der Waals surface area contributed by atoms with Crippen molar-refractivity contribution >= 4 is 0 Å². The standard InChI is InChI=1S/C13H14FNO/c1-10(16)11-6-7-15(8-11)9-12-4-2-3-5-13(12)14/h2-8,10,16H,9H2,1H3. The predicted octanol–water partition coefficient (Wildman–Crippen LogP) is 2.73. The number of hydrogen-bond acceptors (Lipinski definition) is 1. The Bertz CT molecular complexity index is 476. The SMILES string of the molecule is CC(O)c1ccn(Cc2ccccc2F)c1. The average Bonchev–Trinajstić information content (AvgIpc) is 2.70. The van der Waals surface area contributed by atoms with E-state index in [9.17, 15) is 9.50 Å². The average molecular weight is 219 g/mol. The van der Waals surface area contributed by atoms with Crippen LogP contribution in [0.2, 0.25) is 0 Å². The quantitative estimate of drug-likeness (QED) is 0.843. The largest absolute Gasteiger partial charge is 0.389 e. The minimum atomic E-state index is -0.484. The number of aromatic nitrogens is 1. The van der Waals surface area contributed by atoms with Crippen LogP contribution in [0.1, 0.15) is 24.2 Å². The van der Waals surface area contributed by atoms with E-state index in [4.69, 9.17) is 0 Å². The molecule has 0 spiro atoms. The molecule has 1 unspecified atom stereocenters. The zero-order chi connectivity index (χ0) is 11.5. The van der Waals surface area contributed by atoms with Crippen LogP contribution in [0.15, 0.2) is 42.7 Å². The third-order valence-corrected chi connectivity index (χ3v) is 2.57. The van der Waals surface area contributed by atoms with E-state index in [0.717, 1.165) is 5.56 Å². The molecule has 0 amide bonds. The molecule has 0 saturated heterocycles. The molecule has 2 rings (SSSR count). The van der Waals surface area contributed by atoms with Gasteiger partial charge in [0, 0.05) is 24.5 Å². The second-order valence-electron chi connectivity index (χ2n) is 3.88. The number of halogens is 1. The molecule has 0 fully saturated rings. The van der Waals surface area contributed by atoms with Crippen LogP contribution >= 0.6 is 0 Å². The van der Waals surface area contributed by atoms with Gasteiger partial charge in [-0.2, -0.15) is 0 Å². The second kappa shape index (κ2) is 4.49. The van der Waals surface area contributed by atoms with Gasteiger partial charge >= 0.3 is 0 Å². The van der Waals surface area contributed by atoms with E-state index in [1.165, 1.54) is 6.07 Å². The van der Waals surface area contributed by atoms with Gasteiger partial charge in [-0.3, -0.25) is 0 Å². The van der Waals surface area contributed by atoms with Gasteiger partial charge in [0.1, 0.15) is 5.82 Å². The van der Waals surface area contributed by atoms with Crippen LogP contribution in [-0.4, -0.2) is 9.67 Å². The zero-order valence-electron chi connectivity index (χ0n) is 9.10. The Balaban J connectivity index is 2.18. The summed E-state index contributed by atoms with van der Waals surface area (Å²) in [5.74, 6) is -0.199. The monoisotopic (exact) mass is 219 g/mol. The number of benzene rings is 1. The van der Waals surface area contributed by atoms with E-state index < -0.39 is 6.10 Å². The lowest BCUT2D eigenvalue weighted by atomic mass is 10.2. The topological polar surface area (TPSA) is 25.2 Å². The highest BCUT2D eigenvalue weighted by atomic mass is 19.1. The predicted molar refractivity (Wildman–Crippen MR) is 60.6 cm³/mol. The van der Waals surface area contributed by atoms with Gasteiger partial charge in [-0.25, -0.2) is 4.39 Å². The van der Waals surface area contributed by atoms with Crippen LogP contribution in [0.3, 0.4) is 0 Å². The summed E-state index contributed by atoms with van der Waals surface area (Å²) in [5, 5.41) is 9.37. The van der Waals surface area contributed by atoms with Crippen molar-refractivity contribution in [2.75, 3.05) is 0 Å². The molecular formula is C13H14FNO. The fraction of sp³-hybridized carbons (Fsp3) is 0.231. The van der Waals surface area contributed by atoms with Crippen molar-refractivity contribution in [3.63, 3.8) is 0 Å². The lowest BCUT2D eigenvalue weighted by Gasteiger charge is -2.04. The van der Waals surface area contributed by atoms with Crippen LogP contribution in [0.25, 0.3) is 0 Å². The molecule has 3 heteroatoms. The Morgan fingerprint density at radius 1 is 1.31 bits per heavy atom. The van der Waals surface area contributed by atoms with E-state index in [1.807, 2.05) is 29.1 Å². The highest BCUT2D eigenvalue weighted by Crippen LogP contribution is 2.14. The summed E-state index contributed by atoms with van der Waals surface area (Å²) in [4.78, 5) is 0. The highest BCUT2D eigenvalue weighted by molar-refractivity contribution is 5.20. The van der Waals surface area contributed by atoms with Gasteiger partial charge in [0.15, 0.2) is 0 Å². The van der Waals surface area contributed by atoms with E-state index >= 15 is 0 Å². The third-order valence-electron chi connectivity index (χ3n) is 2.57. The molecule has 2 nitrogen and oxygen atoms in total. The van der Waals surface area contributed by atoms with E-state index in [2.05, 4.69) is 0 Å². The molecule has 0 saturated carbocycles. The minimum absolute atomic E-state index is 0.199. The number of rotatable bonds is 3. The molecule has 1 heterocycles. The first kappa shape index (κ1) is 10.9. The molecule has 0 radical (unpaired) electrons. The Morgan fingerprint density at radius 2 is 2.06 bits per heavy atom. The first-order valence-electron chi connectivity index (χ1n) is 5.24. The molecule has 0 bridgehead atoms. The normalized spacial score (nSPS) is 12.7. The van der Waals surface area contributed by atoms with Gasteiger partial charge < -0.3 is 9.67 Å². The lowest BCUT2D eigenvalue weighted by Crippen LogP contribution is -1.99. The van der Waals surface area contributed by atoms with Crippen LogP contribution in [-0.2, 0) is 6.54 Å². The summed E-state index contributed by atoms with van der Waals surface area (Å²) >= 11 is 0. The van der Waals surface area contributed by atoms with Crippen molar-refractivity contribution in [2.45, 2.75) is 19.6 Å². The Kier molecular flexibility index (Phi) is 3.06. The van der Waals surface area contributed by atoms with E-state index in [1.54, 1.807) is 19.1 Å². The first-order valence-corrected chi connectivity index (χ1v) is 5.24. The van der Waals surface area contributed by atoms with Crippen molar-refractivity contribution in [3.05, 3.63) is 59.7 Å². The van der Waals surface area contributed by atoms with Crippen molar-refractivity contribution < 1.29 is 9.50 Å². The number of nitrogens with zero attached hydrogens (tertiary/aromatic N) is 1. The van der Waals surface area contributed by atoms with Crippen LogP contribution in [0, 0.1) is 5.82 Å². The molecule has 1 aromatic heterocycles. The molecule has 1 N–H and O–H groups in total. The van der Waals surface area contributed by atoms with Crippen molar-refractivity contribution in [2.24, 2.45) is 0 Å². The summed E-state index contributed by atoms with van der Waals surface area (Å²) in [6.45, 7) is 2.20. The summed E-state index contributed by atoms with van der Waals surface area (Å²) in [6.07, 6.45) is 3.19. The van der Waals surface area contributed by atoms with Crippen LogP contribution in [0.4, 0.5) is 4.39 Å². The first-order chi connectivity index (χ1) is 7.66. The Morgan fingerprint density at radius 3 is 2.69 bits per heavy atom. The molecule has 0 aliphatic heterocycles. The van der Waals surface area contributed by atoms with Crippen LogP contribution in [0.5, 0.6) is 0 Å². The smallest absolute Gasteiger partial charge is 0.128 e. The summed E-state index contributed by atoms with van der Waals surface area (Å²) in [6, 6.07) is 8.55. The fourth-order valence-electron chi connectivity index (χ4n) is 1.63. The van der Waals surface area contributed by atoms with Crippen molar-refractivity contribution in [3.8, 4) is 0 Å². The second-order valence-corrected chi connectivity index (χ2v) is 3.88. The zero-order valence-corrected chi connectivity index (χ0v) is 9.10. The fourth-order valence-corrected chi connectivity index (χ4v) is 1.63. The molecule has 0 aliphatic rings.